The average molecular weight is 196 g/mol. The van der Waals surface area contributed by atoms with Crippen LogP contribution in [0.4, 0.5) is 0 Å². The molecule has 0 saturated heterocycles. The number of hydrogen-bond donors (Lipinski definition) is 1. The first-order valence-electron chi connectivity index (χ1n) is 4.58. The van der Waals surface area contributed by atoms with Gasteiger partial charge >= 0.3 is 0 Å². The van der Waals surface area contributed by atoms with Crippen LogP contribution < -0.4 is 4.74 Å². The molecule has 2 heteroatoms. The largest absolute Gasteiger partial charge is 0.493 e. The van der Waals surface area contributed by atoms with Crippen LogP contribution in [0.2, 0.25) is 0 Å². The highest BCUT2D eigenvalue weighted by Gasteiger charge is 2.03. The first kappa shape index (κ1) is 10.5. The van der Waals surface area contributed by atoms with Crippen LogP contribution in [0.1, 0.15) is 24.5 Å². The molecule has 0 amide bonds. The summed E-state index contributed by atoms with van der Waals surface area (Å²) in [7, 11) is 0. The highest BCUT2D eigenvalue weighted by molar-refractivity contribution is 7.80. The smallest absolute Gasteiger partial charge is 0.125 e. The topological polar surface area (TPSA) is 9.23 Å². The van der Waals surface area contributed by atoms with Gasteiger partial charge in [0.1, 0.15) is 5.75 Å². The predicted molar refractivity (Wildman–Crippen MR) is 59.0 cm³/mol. The van der Waals surface area contributed by atoms with Crippen LogP contribution >= 0.6 is 12.6 Å². The Kier molecular flexibility index (Phi) is 3.67. The molecule has 0 bridgehead atoms. The predicted octanol–water partition coefficient (Wildman–Crippen LogP) is 3.38. The van der Waals surface area contributed by atoms with Crippen LogP contribution in [0.3, 0.4) is 0 Å². The Morgan fingerprint density at radius 2 is 1.77 bits per heavy atom. The molecule has 13 heavy (non-hydrogen) atoms. The van der Waals surface area contributed by atoms with Gasteiger partial charge in [-0.3, -0.25) is 0 Å². The maximum atomic E-state index is 5.64. The Labute approximate surface area is 85.5 Å². The third kappa shape index (κ3) is 2.66. The molecule has 0 spiro atoms. The van der Waals surface area contributed by atoms with Crippen molar-refractivity contribution in [1.82, 2.24) is 0 Å². The van der Waals surface area contributed by atoms with Crippen molar-refractivity contribution >= 4 is 12.6 Å². The summed E-state index contributed by atoms with van der Waals surface area (Å²) < 4.78 is 5.64. The SMILES string of the molecule is CCCOc1c(C)cc(S)cc1C. The molecule has 0 radical (unpaired) electrons. The lowest BCUT2D eigenvalue weighted by atomic mass is 10.1. The number of rotatable bonds is 3. The first-order chi connectivity index (χ1) is 6.15. The van der Waals surface area contributed by atoms with Crippen molar-refractivity contribution in [1.29, 1.82) is 0 Å². The second-order valence-electron chi connectivity index (χ2n) is 3.26. The van der Waals surface area contributed by atoms with Gasteiger partial charge in [0.05, 0.1) is 6.61 Å². The Hall–Kier alpha value is -0.630. The molecule has 0 saturated carbocycles. The summed E-state index contributed by atoms with van der Waals surface area (Å²) in [5.41, 5.74) is 2.33. The maximum absolute atomic E-state index is 5.64. The molecule has 0 N–H and O–H groups in total. The van der Waals surface area contributed by atoms with Crippen LogP contribution in [0.5, 0.6) is 5.75 Å². The van der Waals surface area contributed by atoms with Gasteiger partial charge in [-0.05, 0) is 43.5 Å². The molecule has 0 aliphatic carbocycles. The zero-order valence-electron chi connectivity index (χ0n) is 8.42. The van der Waals surface area contributed by atoms with E-state index in [9.17, 15) is 0 Å². The molecular formula is C11H16OS. The number of thiol groups is 1. The minimum absolute atomic E-state index is 0.785. The van der Waals surface area contributed by atoms with Crippen molar-refractivity contribution < 1.29 is 4.74 Å². The summed E-state index contributed by atoms with van der Waals surface area (Å²) in [4.78, 5) is 0.999. The zero-order valence-corrected chi connectivity index (χ0v) is 9.32. The van der Waals surface area contributed by atoms with Crippen LogP contribution in [0, 0.1) is 13.8 Å². The Balaban J connectivity index is 2.92. The average Bonchev–Trinajstić information content (AvgIpc) is 2.02. The summed E-state index contributed by atoms with van der Waals surface area (Å²) in [6, 6.07) is 4.06. The summed E-state index contributed by atoms with van der Waals surface area (Å²) in [5.74, 6) is 1.01. The lowest BCUT2D eigenvalue weighted by Gasteiger charge is -2.11. The Morgan fingerprint density at radius 1 is 1.23 bits per heavy atom. The van der Waals surface area contributed by atoms with Gasteiger partial charge in [-0.15, -0.1) is 12.6 Å². The van der Waals surface area contributed by atoms with Crippen LogP contribution in [-0.2, 0) is 0 Å². The van der Waals surface area contributed by atoms with Crippen molar-refractivity contribution in [2.45, 2.75) is 32.1 Å². The van der Waals surface area contributed by atoms with Gasteiger partial charge in [0.2, 0.25) is 0 Å². The van der Waals surface area contributed by atoms with Crippen LogP contribution in [0.15, 0.2) is 17.0 Å². The highest BCUT2D eigenvalue weighted by Crippen LogP contribution is 2.26. The van der Waals surface area contributed by atoms with Crippen molar-refractivity contribution in [3.05, 3.63) is 23.3 Å². The molecule has 0 heterocycles. The van der Waals surface area contributed by atoms with Gasteiger partial charge in [0.25, 0.3) is 0 Å². The molecule has 1 aromatic rings. The number of ether oxygens (including phenoxy) is 1. The maximum Gasteiger partial charge on any atom is 0.125 e. The van der Waals surface area contributed by atoms with E-state index in [1.54, 1.807) is 0 Å². The molecule has 1 aromatic carbocycles. The molecule has 0 unspecified atom stereocenters. The van der Waals surface area contributed by atoms with Gasteiger partial charge in [-0.25, -0.2) is 0 Å². The molecule has 72 valence electrons. The number of hydrogen-bond acceptors (Lipinski definition) is 2. The lowest BCUT2D eigenvalue weighted by molar-refractivity contribution is 0.313. The summed E-state index contributed by atoms with van der Waals surface area (Å²) in [6.07, 6.45) is 1.04. The van der Waals surface area contributed by atoms with Gasteiger partial charge < -0.3 is 4.74 Å². The first-order valence-corrected chi connectivity index (χ1v) is 5.03. The fourth-order valence-electron chi connectivity index (χ4n) is 1.36. The van der Waals surface area contributed by atoms with Gasteiger partial charge in [0, 0.05) is 4.90 Å². The number of benzene rings is 1. The summed E-state index contributed by atoms with van der Waals surface area (Å²) in [5, 5.41) is 0. The van der Waals surface area contributed by atoms with E-state index in [0.29, 0.717) is 0 Å². The molecule has 1 nitrogen and oxygen atoms in total. The normalized spacial score (nSPS) is 10.2. The number of aryl methyl sites for hydroxylation is 2. The van der Waals surface area contributed by atoms with E-state index in [2.05, 4.69) is 33.4 Å². The highest BCUT2D eigenvalue weighted by atomic mass is 32.1. The standard InChI is InChI=1S/C11H16OS/c1-4-5-12-11-8(2)6-10(13)7-9(11)3/h6-7,13H,4-5H2,1-3H3. The van der Waals surface area contributed by atoms with E-state index in [-0.39, 0.29) is 0 Å². The fourth-order valence-corrected chi connectivity index (χ4v) is 1.75. The van der Waals surface area contributed by atoms with Crippen molar-refractivity contribution in [2.75, 3.05) is 6.61 Å². The summed E-state index contributed by atoms with van der Waals surface area (Å²) >= 11 is 4.31. The van der Waals surface area contributed by atoms with E-state index in [4.69, 9.17) is 4.74 Å². The molecule has 0 aromatic heterocycles. The fraction of sp³-hybridized carbons (Fsp3) is 0.455. The van der Waals surface area contributed by atoms with E-state index < -0.39 is 0 Å². The van der Waals surface area contributed by atoms with E-state index in [1.807, 2.05) is 12.1 Å². The van der Waals surface area contributed by atoms with Gasteiger partial charge in [0.15, 0.2) is 0 Å². The monoisotopic (exact) mass is 196 g/mol. The minimum atomic E-state index is 0.785. The van der Waals surface area contributed by atoms with E-state index >= 15 is 0 Å². The zero-order chi connectivity index (χ0) is 9.84. The van der Waals surface area contributed by atoms with Crippen LogP contribution in [-0.4, -0.2) is 6.61 Å². The Morgan fingerprint density at radius 3 is 2.23 bits per heavy atom. The van der Waals surface area contributed by atoms with Crippen molar-refractivity contribution in [2.24, 2.45) is 0 Å². The van der Waals surface area contributed by atoms with E-state index in [0.717, 1.165) is 23.7 Å². The van der Waals surface area contributed by atoms with Crippen LogP contribution in [0.25, 0.3) is 0 Å². The summed E-state index contributed by atoms with van der Waals surface area (Å²) in [6.45, 7) is 7.00. The molecular weight excluding hydrogens is 180 g/mol. The van der Waals surface area contributed by atoms with E-state index in [1.165, 1.54) is 11.1 Å². The quantitative estimate of drug-likeness (QED) is 0.729. The van der Waals surface area contributed by atoms with Crippen molar-refractivity contribution in [3.8, 4) is 5.75 Å². The third-order valence-corrected chi connectivity index (χ3v) is 2.15. The third-order valence-electron chi connectivity index (χ3n) is 1.90. The molecule has 0 atom stereocenters. The lowest BCUT2D eigenvalue weighted by Crippen LogP contribution is -1.99. The minimum Gasteiger partial charge on any atom is -0.493 e. The molecule has 0 fully saturated rings. The second-order valence-corrected chi connectivity index (χ2v) is 3.77. The van der Waals surface area contributed by atoms with Crippen molar-refractivity contribution in [3.63, 3.8) is 0 Å². The molecule has 0 aliphatic heterocycles. The van der Waals surface area contributed by atoms with Gasteiger partial charge in [-0.2, -0.15) is 0 Å². The molecule has 1 rings (SSSR count). The molecule has 0 aliphatic rings. The Bertz CT molecular complexity index is 271. The van der Waals surface area contributed by atoms with Gasteiger partial charge in [-0.1, -0.05) is 6.92 Å². The second kappa shape index (κ2) is 4.56.